The minimum Gasteiger partial charge on any atom is -0.398 e. The Kier molecular flexibility index (Phi) is 3.78. The van der Waals surface area contributed by atoms with Crippen LogP contribution in [0.5, 0.6) is 0 Å². The molecule has 0 spiro atoms. The number of hydrogen-bond acceptors (Lipinski definition) is 3. The summed E-state index contributed by atoms with van der Waals surface area (Å²) in [7, 11) is 4.06. The molecule has 1 aliphatic rings. The molecular formula is C13H18ClN3O. The quantitative estimate of drug-likeness (QED) is 0.830. The van der Waals surface area contributed by atoms with Crippen molar-refractivity contribution in [3.63, 3.8) is 0 Å². The molecule has 2 rings (SSSR count). The molecule has 98 valence electrons. The van der Waals surface area contributed by atoms with Gasteiger partial charge in [0.05, 0.1) is 10.6 Å². The first-order valence-corrected chi connectivity index (χ1v) is 6.38. The van der Waals surface area contributed by atoms with Crippen molar-refractivity contribution in [2.24, 2.45) is 0 Å². The summed E-state index contributed by atoms with van der Waals surface area (Å²) in [6.45, 7) is 1.49. The fourth-order valence-electron chi connectivity index (χ4n) is 2.27. The minimum atomic E-state index is -0.0672. The summed E-state index contributed by atoms with van der Waals surface area (Å²) in [5, 5.41) is 0.424. The van der Waals surface area contributed by atoms with Gasteiger partial charge in [-0.3, -0.25) is 4.79 Å². The molecule has 4 nitrogen and oxygen atoms in total. The van der Waals surface area contributed by atoms with Crippen molar-refractivity contribution >= 4 is 23.2 Å². The highest BCUT2D eigenvalue weighted by atomic mass is 35.5. The first kappa shape index (κ1) is 13.2. The lowest BCUT2D eigenvalue weighted by molar-refractivity contribution is 0.0784. The maximum absolute atomic E-state index is 12.4. The van der Waals surface area contributed by atoms with Gasteiger partial charge in [-0.2, -0.15) is 0 Å². The smallest absolute Gasteiger partial charge is 0.257 e. The van der Waals surface area contributed by atoms with Crippen LogP contribution in [-0.2, 0) is 0 Å². The summed E-state index contributed by atoms with van der Waals surface area (Å²) >= 11 is 6.06. The third kappa shape index (κ3) is 2.44. The lowest BCUT2D eigenvalue weighted by atomic mass is 10.1. The molecule has 1 aromatic carbocycles. The summed E-state index contributed by atoms with van der Waals surface area (Å²) in [6.07, 6.45) is 0.989. The molecule has 2 N–H and O–H groups in total. The summed E-state index contributed by atoms with van der Waals surface area (Å²) in [6, 6.07) is 5.57. The van der Waals surface area contributed by atoms with Crippen LogP contribution in [-0.4, -0.2) is 48.9 Å². The molecule has 0 aromatic heterocycles. The van der Waals surface area contributed by atoms with Crippen molar-refractivity contribution < 1.29 is 4.79 Å². The zero-order chi connectivity index (χ0) is 13.3. The van der Waals surface area contributed by atoms with Crippen molar-refractivity contribution in [1.29, 1.82) is 0 Å². The summed E-state index contributed by atoms with van der Waals surface area (Å²) in [4.78, 5) is 16.4. The van der Waals surface area contributed by atoms with E-state index in [1.165, 1.54) is 0 Å². The van der Waals surface area contributed by atoms with Crippen LogP contribution in [0.2, 0.25) is 5.02 Å². The lowest BCUT2D eigenvalue weighted by Gasteiger charge is -2.21. The second-order valence-corrected chi connectivity index (χ2v) is 5.27. The highest BCUT2D eigenvalue weighted by Gasteiger charge is 2.29. The molecule has 1 amide bonds. The van der Waals surface area contributed by atoms with E-state index in [0.717, 1.165) is 19.5 Å². The molecule has 1 aromatic rings. The van der Waals surface area contributed by atoms with E-state index in [2.05, 4.69) is 4.90 Å². The number of rotatable bonds is 2. The van der Waals surface area contributed by atoms with Gasteiger partial charge in [-0.1, -0.05) is 17.7 Å². The first-order chi connectivity index (χ1) is 8.50. The number of benzene rings is 1. The number of likely N-dealkylation sites (tertiary alicyclic amines) is 1. The summed E-state index contributed by atoms with van der Waals surface area (Å²) in [5.74, 6) is -0.0672. The van der Waals surface area contributed by atoms with Crippen molar-refractivity contribution in [3.8, 4) is 0 Å². The number of likely N-dealkylation sites (N-methyl/N-ethyl adjacent to an activating group) is 1. The van der Waals surface area contributed by atoms with Crippen molar-refractivity contribution in [1.82, 2.24) is 9.80 Å². The van der Waals surface area contributed by atoms with Gasteiger partial charge in [0.15, 0.2) is 0 Å². The molecule has 5 heteroatoms. The van der Waals surface area contributed by atoms with Crippen LogP contribution < -0.4 is 5.73 Å². The monoisotopic (exact) mass is 267 g/mol. The minimum absolute atomic E-state index is 0.0672. The maximum Gasteiger partial charge on any atom is 0.257 e. The predicted molar refractivity (Wildman–Crippen MR) is 73.9 cm³/mol. The van der Waals surface area contributed by atoms with Gasteiger partial charge in [-0.15, -0.1) is 0 Å². The Morgan fingerprint density at radius 2 is 2.22 bits per heavy atom. The van der Waals surface area contributed by atoms with E-state index in [9.17, 15) is 4.79 Å². The third-order valence-corrected chi connectivity index (χ3v) is 3.76. The largest absolute Gasteiger partial charge is 0.398 e. The average molecular weight is 268 g/mol. The number of anilines is 1. The van der Waals surface area contributed by atoms with E-state index in [1.807, 2.05) is 19.0 Å². The van der Waals surface area contributed by atoms with Gasteiger partial charge in [0, 0.05) is 24.8 Å². The van der Waals surface area contributed by atoms with Crippen LogP contribution in [0, 0.1) is 0 Å². The highest BCUT2D eigenvalue weighted by molar-refractivity contribution is 6.34. The summed E-state index contributed by atoms with van der Waals surface area (Å²) in [5.41, 5.74) is 6.72. The second-order valence-electron chi connectivity index (χ2n) is 4.86. The molecule has 0 radical (unpaired) electrons. The van der Waals surface area contributed by atoms with Gasteiger partial charge >= 0.3 is 0 Å². The lowest BCUT2D eigenvalue weighted by Crippen LogP contribution is -2.34. The molecule has 1 fully saturated rings. The molecule has 1 atom stereocenters. The number of carbonyl (C=O) groups excluding carboxylic acids is 1. The molecule has 0 saturated carbocycles. The van der Waals surface area contributed by atoms with Gasteiger partial charge < -0.3 is 15.5 Å². The van der Waals surface area contributed by atoms with Gasteiger partial charge in [-0.05, 0) is 32.6 Å². The molecule has 1 aliphatic heterocycles. The predicted octanol–water partition coefficient (Wildman–Crippen LogP) is 1.70. The molecule has 1 heterocycles. The molecule has 1 saturated heterocycles. The van der Waals surface area contributed by atoms with Crippen LogP contribution in [0.15, 0.2) is 18.2 Å². The SMILES string of the molecule is CN(C)C1CCN(C(=O)c2c(N)cccc2Cl)C1. The number of nitrogens with two attached hydrogens (primary N) is 1. The summed E-state index contributed by atoms with van der Waals surface area (Å²) < 4.78 is 0. The number of hydrogen-bond donors (Lipinski definition) is 1. The Morgan fingerprint density at radius 1 is 1.50 bits per heavy atom. The standard InChI is InChI=1S/C13H18ClN3O/c1-16(2)9-6-7-17(8-9)13(18)12-10(14)4-3-5-11(12)15/h3-5,9H,6-8,15H2,1-2H3. The Labute approximate surface area is 112 Å². The average Bonchev–Trinajstić information content (AvgIpc) is 2.77. The fraction of sp³-hybridized carbons (Fsp3) is 0.462. The molecular weight excluding hydrogens is 250 g/mol. The topological polar surface area (TPSA) is 49.6 Å². The van der Waals surface area contributed by atoms with E-state index in [0.29, 0.717) is 22.3 Å². The number of nitrogens with zero attached hydrogens (tertiary/aromatic N) is 2. The Hall–Kier alpha value is -1.26. The van der Waals surface area contributed by atoms with Gasteiger partial charge in [0.1, 0.15) is 0 Å². The van der Waals surface area contributed by atoms with Crippen LogP contribution in [0.3, 0.4) is 0 Å². The third-order valence-electron chi connectivity index (χ3n) is 3.44. The number of halogens is 1. The van der Waals surface area contributed by atoms with Crippen LogP contribution in [0.1, 0.15) is 16.8 Å². The molecule has 1 unspecified atom stereocenters. The first-order valence-electron chi connectivity index (χ1n) is 6.00. The Morgan fingerprint density at radius 3 is 2.78 bits per heavy atom. The van der Waals surface area contributed by atoms with Gasteiger partial charge in [-0.25, -0.2) is 0 Å². The van der Waals surface area contributed by atoms with Crippen molar-refractivity contribution in [3.05, 3.63) is 28.8 Å². The second kappa shape index (κ2) is 5.16. The van der Waals surface area contributed by atoms with Crippen LogP contribution >= 0.6 is 11.6 Å². The Balaban J connectivity index is 2.18. The van der Waals surface area contributed by atoms with E-state index < -0.39 is 0 Å². The number of carbonyl (C=O) groups is 1. The highest BCUT2D eigenvalue weighted by Crippen LogP contribution is 2.25. The van der Waals surface area contributed by atoms with E-state index in [-0.39, 0.29) is 5.91 Å². The van der Waals surface area contributed by atoms with Gasteiger partial charge in [0.2, 0.25) is 0 Å². The zero-order valence-corrected chi connectivity index (χ0v) is 11.4. The zero-order valence-electron chi connectivity index (χ0n) is 10.7. The van der Waals surface area contributed by atoms with E-state index in [4.69, 9.17) is 17.3 Å². The van der Waals surface area contributed by atoms with E-state index in [1.54, 1.807) is 18.2 Å². The fourth-order valence-corrected chi connectivity index (χ4v) is 2.54. The molecule has 0 aliphatic carbocycles. The number of nitrogen functional groups attached to an aromatic ring is 1. The van der Waals surface area contributed by atoms with Crippen LogP contribution in [0.4, 0.5) is 5.69 Å². The normalized spacial score (nSPS) is 19.6. The molecule has 0 bridgehead atoms. The van der Waals surface area contributed by atoms with Crippen molar-refractivity contribution in [2.45, 2.75) is 12.5 Å². The maximum atomic E-state index is 12.4. The van der Waals surface area contributed by atoms with Crippen molar-refractivity contribution in [2.75, 3.05) is 32.9 Å². The molecule has 18 heavy (non-hydrogen) atoms. The van der Waals surface area contributed by atoms with E-state index >= 15 is 0 Å². The van der Waals surface area contributed by atoms with Crippen LogP contribution in [0.25, 0.3) is 0 Å². The Bertz CT molecular complexity index is 441. The number of amides is 1. The van der Waals surface area contributed by atoms with Gasteiger partial charge in [0.25, 0.3) is 5.91 Å².